The fourth-order valence-electron chi connectivity index (χ4n) is 6.10. The zero-order valence-electron chi connectivity index (χ0n) is 25.1. The van der Waals surface area contributed by atoms with Crippen LogP contribution in [-0.2, 0) is 0 Å². The van der Waals surface area contributed by atoms with E-state index < -0.39 is 0 Å². The van der Waals surface area contributed by atoms with E-state index in [4.69, 9.17) is 9.97 Å². The van der Waals surface area contributed by atoms with Crippen molar-refractivity contribution in [2.24, 2.45) is 0 Å². The van der Waals surface area contributed by atoms with E-state index in [0.717, 1.165) is 39.2 Å². The molecule has 3 heteroatoms. The Hall–Kier alpha value is -6.19. The SMILES string of the molecule is c1ccc(-c2cc(-c3cccc(-c4ccc(-c5ccc(-c6ccncc6)cc5)c5ccccc45)c3)nc(-c3ccccc3)n2)cc1. The van der Waals surface area contributed by atoms with E-state index in [0.29, 0.717) is 5.82 Å². The second kappa shape index (κ2) is 12.1. The smallest absolute Gasteiger partial charge is 0.160 e. The molecule has 3 nitrogen and oxygen atoms in total. The maximum atomic E-state index is 5.06. The third-order valence-corrected chi connectivity index (χ3v) is 8.43. The minimum absolute atomic E-state index is 0.715. The Kier molecular flexibility index (Phi) is 7.18. The molecule has 0 radical (unpaired) electrons. The van der Waals surface area contributed by atoms with Gasteiger partial charge in [0.1, 0.15) is 0 Å². The molecular formula is C43H29N3. The maximum Gasteiger partial charge on any atom is 0.160 e. The molecule has 0 spiro atoms. The molecule has 0 fully saturated rings. The molecular weight excluding hydrogens is 558 g/mol. The van der Waals surface area contributed by atoms with E-state index in [-0.39, 0.29) is 0 Å². The zero-order valence-corrected chi connectivity index (χ0v) is 25.1. The van der Waals surface area contributed by atoms with Crippen molar-refractivity contribution < 1.29 is 0 Å². The number of nitrogens with zero attached hydrogens (tertiary/aromatic N) is 3. The molecule has 216 valence electrons. The summed E-state index contributed by atoms with van der Waals surface area (Å²) in [4.78, 5) is 14.2. The van der Waals surface area contributed by atoms with Gasteiger partial charge >= 0.3 is 0 Å². The van der Waals surface area contributed by atoms with Crippen molar-refractivity contribution in [1.29, 1.82) is 0 Å². The number of hydrogen-bond donors (Lipinski definition) is 0. The van der Waals surface area contributed by atoms with Crippen molar-refractivity contribution in [3.05, 3.63) is 176 Å². The first kappa shape index (κ1) is 27.4. The molecule has 0 aliphatic heterocycles. The van der Waals surface area contributed by atoms with Gasteiger partial charge in [0.15, 0.2) is 5.82 Å². The van der Waals surface area contributed by atoms with Gasteiger partial charge in [0.2, 0.25) is 0 Å². The Balaban J connectivity index is 1.21. The second-order valence-electron chi connectivity index (χ2n) is 11.3. The van der Waals surface area contributed by atoms with E-state index in [1.807, 2.05) is 60.9 Å². The minimum Gasteiger partial charge on any atom is -0.265 e. The maximum absolute atomic E-state index is 5.06. The molecule has 8 rings (SSSR count). The van der Waals surface area contributed by atoms with Crippen molar-refractivity contribution in [1.82, 2.24) is 15.0 Å². The summed E-state index contributed by atoms with van der Waals surface area (Å²) in [5, 5.41) is 2.44. The van der Waals surface area contributed by atoms with Gasteiger partial charge < -0.3 is 0 Å². The van der Waals surface area contributed by atoms with Crippen LogP contribution in [0.25, 0.3) is 78.1 Å². The molecule has 2 heterocycles. The molecule has 0 aliphatic rings. The van der Waals surface area contributed by atoms with Gasteiger partial charge in [-0.2, -0.15) is 0 Å². The van der Waals surface area contributed by atoms with Gasteiger partial charge in [-0.05, 0) is 68.4 Å². The van der Waals surface area contributed by atoms with Crippen LogP contribution in [0, 0.1) is 0 Å². The number of benzene rings is 6. The van der Waals surface area contributed by atoms with Gasteiger partial charge in [0.25, 0.3) is 0 Å². The van der Waals surface area contributed by atoms with Gasteiger partial charge in [-0.25, -0.2) is 9.97 Å². The summed E-state index contributed by atoms with van der Waals surface area (Å²) in [6, 6.07) is 57.3. The highest BCUT2D eigenvalue weighted by atomic mass is 14.9. The molecule has 2 aromatic heterocycles. The molecule has 0 saturated carbocycles. The molecule has 0 atom stereocenters. The van der Waals surface area contributed by atoms with Crippen LogP contribution in [0.4, 0.5) is 0 Å². The van der Waals surface area contributed by atoms with E-state index >= 15 is 0 Å². The lowest BCUT2D eigenvalue weighted by atomic mass is 9.91. The molecule has 8 aromatic rings. The molecule has 0 aliphatic carbocycles. The topological polar surface area (TPSA) is 38.7 Å². The summed E-state index contributed by atoms with van der Waals surface area (Å²) in [6.07, 6.45) is 3.67. The van der Waals surface area contributed by atoms with Gasteiger partial charge in [-0.3, -0.25) is 4.98 Å². The largest absolute Gasteiger partial charge is 0.265 e. The quantitative estimate of drug-likeness (QED) is 0.194. The summed E-state index contributed by atoms with van der Waals surface area (Å²) in [7, 11) is 0. The van der Waals surface area contributed by atoms with Crippen molar-refractivity contribution >= 4 is 10.8 Å². The number of hydrogen-bond acceptors (Lipinski definition) is 3. The van der Waals surface area contributed by atoms with Crippen LogP contribution >= 0.6 is 0 Å². The number of pyridine rings is 1. The first-order valence-electron chi connectivity index (χ1n) is 15.4. The molecule has 0 amide bonds. The van der Waals surface area contributed by atoms with Crippen molar-refractivity contribution in [2.75, 3.05) is 0 Å². The molecule has 0 unspecified atom stereocenters. The fraction of sp³-hybridized carbons (Fsp3) is 0. The third-order valence-electron chi connectivity index (χ3n) is 8.43. The first-order chi connectivity index (χ1) is 22.8. The molecule has 46 heavy (non-hydrogen) atoms. The highest BCUT2D eigenvalue weighted by Gasteiger charge is 2.14. The Morgan fingerprint density at radius 1 is 0.304 bits per heavy atom. The lowest BCUT2D eigenvalue weighted by Crippen LogP contribution is -1.96. The van der Waals surface area contributed by atoms with Crippen LogP contribution < -0.4 is 0 Å². The first-order valence-corrected chi connectivity index (χ1v) is 15.4. The lowest BCUT2D eigenvalue weighted by molar-refractivity contribution is 1.18. The minimum atomic E-state index is 0.715. The van der Waals surface area contributed by atoms with Crippen LogP contribution in [0.2, 0.25) is 0 Å². The number of fused-ring (bicyclic) bond motifs is 1. The van der Waals surface area contributed by atoms with Crippen LogP contribution in [0.5, 0.6) is 0 Å². The predicted molar refractivity (Wildman–Crippen MR) is 190 cm³/mol. The average Bonchev–Trinajstić information content (AvgIpc) is 3.15. The number of rotatable bonds is 6. The molecule has 0 N–H and O–H groups in total. The highest BCUT2D eigenvalue weighted by molar-refractivity contribution is 6.05. The van der Waals surface area contributed by atoms with Crippen LogP contribution in [0.3, 0.4) is 0 Å². The zero-order chi connectivity index (χ0) is 30.7. The van der Waals surface area contributed by atoms with Crippen LogP contribution in [-0.4, -0.2) is 15.0 Å². The molecule has 6 aromatic carbocycles. The van der Waals surface area contributed by atoms with Crippen molar-refractivity contribution in [3.63, 3.8) is 0 Å². The number of aromatic nitrogens is 3. The fourth-order valence-corrected chi connectivity index (χ4v) is 6.10. The van der Waals surface area contributed by atoms with Gasteiger partial charge in [0.05, 0.1) is 11.4 Å². The van der Waals surface area contributed by atoms with Gasteiger partial charge in [-0.15, -0.1) is 0 Å². The van der Waals surface area contributed by atoms with E-state index in [1.165, 1.54) is 33.0 Å². The normalized spacial score (nSPS) is 11.0. The van der Waals surface area contributed by atoms with Crippen LogP contribution in [0.15, 0.2) is 176 Å². The lowest BCUT2D eigenvalue weighted by Gasteiger charge is -2.14. The predicted octanol–water partition coefficient (Wildman–Crippen LogP) is 11.0. The summed E-state index contributed by atoms with van der Waals surface area (Å²) >= 11 is 0. The van der Waals surface area contributed by atoms with Crippen LogP contribution in [0.1, 0.15) is 0 Å². The molecule has 0 bridgehead atoms. The van der Waals surface area contributed by atoms with Gasteiger partial charge in [-0.1, -0.05) is 140 Å². The van der Waals surface area contributed by atoms with Gasteiger partial charge in [0, 0.05) is 29.1 Å². The van der Waals surface area contributed by atoms with E-state index in [9.17, 15) is 0 Å². The Morgan fingerprint density at radius 3 is 1.48 bits per heavy atom. The van der Waals surface area contributed by atoms with E-state index in [2.05, 4.69) is 120 Å². The summed E-state index contributed by atoms with van der Waals surface area (Å²) < 4.78 is 0. The van der Waals surface area contributed by atoms with Crippen molar-refractivity contribution in [2.45, 2.75) is 0 Å². The summed E-state index contributed by atoms with van der Waals surface area (Å²) in [5.41, 5.74) is 12.0. The Bertz CT molecular complexity index is 2220. The van der Waals surface area contributed by atoms with Crippen molar-refractivity contribution in [3.8, 4) is 67.3 Å². The molecule has 0 saturated heterocycles. The van der Waals surface area contributed by atoms with E-state index in [1.54, 1.807) is 0 Å². The third kappa shape index (κ3) is 5.36. The highest BCUT2D eigenvalue weighted by Crippen LogP contribution is 2.38. The standard InChI is InChI=1S/C43H29N3/c1-3-10-33(11-4-1)41-29-42(46-43(45-41)34-12-5-2-6-13-34)36-15-9-14-35(28-36)38-23-22-37(39-16-7-8-17-40(38)39)32-20-18-30(19-21-32)31-24-26-44-27-25-31/h1-29H. The Labute approximate surface area is 268 Å². The summed E-state index contributed by atoms with van der Waals surface area (Å²) in [6.45, 7) is 0. The Morgan fingerprint density at radius 2 is 0.804 bits per heavy atom. The summed E-state index contributed by atoms with van der Waals surface area (Å²) in [5.74, 6) is 0.715. The average molecular weight is 588 g/mol. The second-order valence-corrected chi connectivity index (χ2v) is 11.3. The monoisotopic (exact) mass is 587 g/mol.